The van der Waals surface area contributed by atoms with Gasteiger partial charge in [0, 0.05) is 43.3 Å². The number of amides is 2. The first kappa shape index (κ1) is 21.3. The SMILES string of the molecule is Cc1ccc(C(=O)NNC(=O)c2cccc(S(=O)(=O)N(C)C)c2)cc1-n1cccc1. The lowest BCUT2D eigenvalue weighted by Crippen LogP contribution is -2.41. The Morgan fingerprint density at radius 1 is 0.867 bits per heavy atom. The molecule has 2 amide bonds. The number of hydrazine groups is 1. The maximum atomic E-state index is 12.5. The van der Waals surface area contributed by atoms with Crippen molar-refractivity contribution in [2.45, 2.75) is 11.8 Å². The quantitative estimate of drug-likeness (QED) is 0.610. The molecule has 0 aliphatic rings. The van der Waals surface area contributed by atoms with E-state index >= 15 is 0 Å². The molecule has 3 aromatic rings. The Hall–Kier alpha value is -3.43. The first-order valence-corrected chi connectivity index (χ1v) is 10.5. The van der Waals surface area contributed by atoms with E-state index in [1.165, 1.54) is 38.4 Å². The van der Waals surface area contributed by atoms with Gasteiger partial charge in [0.1, 0.15) is 0 Å². The van der Waals surface area contributed by atoms with Gasteiger partial charge < -0.3 is 4.57 Å². The highest BCUT2D eigenvalue weighted by atomic mass is 32.2. The number of rotatable bonds is 5. The van der Waals surface area contributed by atoms with Crippen molar-refractivity contribution in [2.75, 3.05) is 14.1 Å². The van der Waals surface area contributed by atoms with Crippen LogP contribution in [0.3, 0.4) is 0 Å². The van der Waals surface area contributed by atoms with Crippen molar-refractivity contribution in [3.8, 4) is 5.69 Å². The van der Waals surface area contributed by atoms with Crippen molar-refractivity contribution in [3.63, 3.8) is 0 Å². The van der Waals surface area contributed by atoms with Crippen molar-refractivity contribution in [2.24, 2.45) is 0 Å². The molecule has 8 nitrogen and oxygen atoms in total. The number of hydrogen-bond acceptors (Lipinski definition) is 4. The summed E-state index contributed by atoms with van der Waals surface area (Å²) >= 11 is 0. The number of nitrogens with zero attached hydrogens (tertiary/aromatic N) is 2. The molecule has 2 aromatic carbocycles. The highest BCUT2D eigenvalue weighted by Gasteiger charge is 2.19. The van der Waals surface area contributed by atoms with Gasteiger partial charge in [-0.25, -0.2) is 12.7 Å². The van der Waals surface area contributed by atoms with Crippen LogP contribution < -0.4 is 10.9 Å². The zero-order valence-electron chi connectivity index (χ0n) is 16.8. The van der Waals surface area contributed by atoms with Crippen molar-refractivity contribution in [1.82, 2.24) is 19.7 Å². The standard InChI is InChI=1S/C21H22N4O4S/c1-15-9-10-17(14-19(15)25-11-4-5-12-25)21(27)23-22-20(26)16-7-6-8-18(13-16)30(28,29)24(2)3/h4-14H,1-3H3,(H,22,26)(H,23,27). The predicted octanol–water partition coefficient (Wildman–Crippen LogP) is 2.11. The van der Waals surface area contributed by atoms with Crippen molar-refractivity contribution in [1.29, 1.82) is 0 Å². The number of aromatic nitrogens is 1. The highest BCUT2D eigenvalue weighted by molar-refractivity contribution is 7.89. The van der Waals surface area contributed by atoms with Crippen LogP contribution in [0.1, 0.15) is 26.3 Å². The largest absolute Gasteiger partial charge is 0.324 e. The normalized spacial score (nSPS) is 11.3. The van der Waals surface area contributed by atoms with Gasteiger partial charge in [-0.3, -0.25) is 20.4 Å². The van der Waals surface area contributed by atoms with Crippen LogP contribution in [0.5, 0.6) is 0 Å². The minimum Gasteiger partial charge on any atom is -0.324 e. The van der Waals surface area contributed by atoms with Gasteiger partial charge in [0.25, 0.3) is 11.8 Å². The van der Waals surface area contributed by atoms with E-state index in [1.54, 1.807) is 12.1 Å². The summed E-state index contributed by atoms with van der Waals surface area (Å²) in [6, 6.07) is 14.6. The second-order valence-electron chi connectivity index (χ2n) is 6.82. The van der Waals surface area contributed by atoms with Crippen LogP contribution in [0.4, 0.5) is 0 Å². The monoisotopic (exact) mass is 426 g/mol. The molecule has 0 radical (unpaired) electrons. The number of carbonyl (C=O) groups is 2. The first-order chi connectivity index (χ1) is 14.2. The van der Waals surface area contributed by atoms with Crippen LogP contribution in [0.15, 0.2) is 71.9 Å². The van der Waals surface area contributed by atoms with Gasteiger partial charge in [0.05, 0.1) is 4.90 Å². The molecule has 0 unspecified atom stereocenters. The summed E-state index contributed by atoms with van der Waals surface area (Å²) in [6.07, 6.45) is 3.75. The fraction of sp³-hybridized carbons (Fsp3) is 0.143. The summed E-state index contributed by atoms with van der Waals surface area (Å²) in [5.41, 5.74) is 7.00. The van der Waals surface area contributed by atoms with E-state index in [0.717, 1.165) is 15.6 Å². The summed E-state index contributed by atoms with van der Waals surface area (Å²) < 4.78 is 27.4. The molecule has 0 saturated carbocycles. The van der Waals surface area contributed by atoms with Crippen molar-refractivity contribution < 1.29 is 18.0 Å². The van der Waals surface area contributed by atoms with Crippen LogP contribution in [-0.2, 0) is 10.0 Å². The number of nitrogens with one attached hydrogen (secondary N) is 2. The van der Waals surface area contributed by atoms with E-state index in [-0.39, 0.29) is 10.5 Å². The van der Waals surface area contributed by atoms with E-state index < -0.39 is 21.8 Å². The molecule has 1 heterocycles. The Bertz CT molecular complexity index is 1190. The molecule has 30 heavy (non-hydrogen) atoms. The van der Waals surface area contributed by atoms with Gasteiger partial charge in [-0.2, -0.15) is 0 Å². The smallest absolute Gasteiger partial charge is 0.269 e. The molecule has 1 aromatic heterocycles. The van der Waals surface area contributed by atoms with Crippen molar-refractivity contribution >= 4 is 21.8 Å². The maximum absolute atomic E-state index is 12.5. The summed E-state index contributed by atoms with van der Waals surface area (Å²) in [7, 11) is -0.857. The van der Waals surface area contributed by atoms with Gasteiger partial charge >= 0.3 is 0 Å². The Labute approximate surface area is 175 Å². The van der Waals surface area contributed by atoms with Gasteiger partial charge in [0.15, 0.2) is 0 Å². The van der Waals surface area contributed by atoms with E-state index in [9.17, 15) is 18.0 Å². The van der Waals surface area contributed by atoms with Gasteiger partial charge in [-0.05, 0) is 55.0 Å². The van der Waals surface area contributed by atoms with Gasteiger partial charge in [-0.15, -0.1) is 0 Å². The molecule has 3 rings (SSSR count). The number of carbonyl (C=O) groups excluding carboxylic acids is 2. The first-order valence-electron chi connectivity index (χ1n) is 9.07. The van der Waals surface area contributed by atoms with Crippen LogP contribution in [0.25, 0.3) is 5.69 Å². The topological polar surface area (TPSA) is 101 Å². The summed E-state index contributed by atoms with van der Waals surface area (Å²) in [5.74, 6) is -1.12. The third kappa shape index (κ3) is 4.42. The number of aryl methyl sites for hydroxylation is 1. The Balaban J connectivity index is 1.73. The maximum Gasteiger partial charge on any atom is 0.269 e. The van der Waals surface area contributed by atoms with E-state index in [4.69, 9.17) is 0 Å². The predicted molar refractivity (Wildman–Crippen MR) is 113 cm³/mol. The van der Waals surface area contributed by atoms with Crippen LogP contribution >= 0.6 is 0 Å². The fourth-order valence-electron chi connectivity index (χ4n) is 2.79. The molecule has 9 heteroatoms. The average molecular weight is 426 g/mol. The van der Waals surface area contributed by atoms with Crippen LogP contribution in [0.2, 0.25) is 0 Å². The van der Waals surface area contributed by atoms with E-state index in [2.05, 4.69) is 10.9 Å². The Kier molecular flexibility index (Phi) is 6.04. The van der Waals surface area contributed by atoms with Crippen LogP contribution in [0, 0.1) is 6.92 Å². The third-order valence-electron chi connectivity index (χ3n) is 4.52. The Morgan fingerprint density at radius 3 is 2.07 bits per heavy atom. The lowest BCUT2D eigenvalue weighted by molar-refractivity contribution is 0.0846. The molecule has 0 aliphatic carbocycles. The molecule has 0 fully saturated rings. The molecule has 156 valence electrons. The highest BCUT2D eigenvalue weighted by Crippen LogP contribution is 2.17. The molecule has 0 spiro atoms. The third-order valence-corrected chi connectivity index (χ3v) is 6.33. The minimum absolute atomic E-state index is 0.0126. The molecule has 0 bridgehead atoms. The van der Waals surface area contributed by atoms with Gasteiger partial charge in [-0.1, -0.05) is 12.1 Å². The fourth-order valence-corrected chi connectivity index (χ4v) is 3.74. The zero-order valence-corrected chi connectivity index (χ0v) is 17.6. The van der Waals surface area contributed by atoms with Crippen molar-refractivity contribution in [3.05, 3.63) is 83.7 Å². The molecular formula is C21H22N4O4S. The van der Waals surface area contributed by atoms with Gasteiger partial charge in [0.2, 0.25) is 10.0 Å². The summed E-state index contributed by atoms with van der Waals surface area (Å²) in [5, 5.41) is 0. The molecular weight excluding hydrogens is 404 g/mol. The lowest BCUT2D eigenvalue weighted by atomic mass is 10.1. The summed E-state index contributed by atoms with van der Waals surface area (Å²) in [4.78, 5) is 24.9. The molecule has 2 N–H and O–H groups in total. The van der Waals surface area contributed by atoms with Crippen LogP contribution in [-0.4, -0.2) is 43.2 Å². The second kappa shape index (κ2) is 8.52. The number of benzene rings is 2. The zero-order chi connectivity index (χ0) is 21.9. The summed E-state index contributed by atoms with van der Waals surface area (Å²) in [6.45, 7) is 1.94. The average Bonchev–Trinajstić information content (AvgIpc) is 3.26. The molecule has 0 saturated heterocycles. The van der Waals surface area contributed by atoms with E-state index in [0.29, 0.717) is 5.56 Å². The number of hydrogen-bond donors (Lipinski definition) is 2. The second-order valence-corrected chi connectivity index (χ2v) is 8.97. The minimum atomic E-state index is -3.67. The van der Waals surface area contributed by atoms with E-state index in [1.807, 2.05) is 42.1 Å². The molecule has 0 aliphatic heterocycles. The Morgan fingerprint density at radius 2 is 1.47 bits per heavy atom. The number of sulfonamides is 1. The lowest BCUT2D eigenvalue weighted by Gasteiger charge is -2.13. The molecule has 0 atom stereocenters.